The van der Waals surface area contributed by atoms with Crippen LogP contribution in [0.2, 0.25) is 75.5 Å². The lowest BCUT2D eigenvalue weighted by Gasteiger charge is -2.46. The van der Waals surface area contributed by atoms with Crippen molar-refractivity contribution < 1.29 is 52.3 Å². The first-order chi connectivity index (χ1) is 31.0. The highest BCUT2D eigenvalue weighted by Crippen LogP contribution is 2.61. The Morgan fingerprint density at radius 3 is 1.86 bits per heavy atom. The van der Waals surface area contributed by atoms with E-state index in [-0.39, 0.29) is 53.4 Å². The van der Waals surface area contributed by atoms with Gasteiger partial charge in [-0.15, -0.1) is 0 Å². The molecule has 0 aromatic heterocycles. The summed E-state index contributed by atoms with van der Waals surface area (Å²) in [6.45, 7) is 31.8. The number of rotatable bonds is 15. The summed E-state index contributed by atoms with van der Waals surface area (Å²) in [6, 6.07) is 0. The maximum absolute atomic E-state index is 14.7. The summed E-state index contributed by atoms with van der Waals surface area (Å²) < 4.78 is 164. The molecule has 0 aromatic rings. The van der Waals surface area contributed by atoms with Crippen molar-refractivity contribution >= 4 is 33.3 Å². The van der Waals surface area contributed by atoms with Gasteiger partial charge in [0.05, 0.1) is 17.8 Å². The van der Waals surface area contributed by atoms with Gasteiger partial charge in [-0.25, -0.2) is 0 Å². The Labute approximate surface area is 398 Å². The van der Waals surface area contributed by atoms with Crippen molar-refractivity contribution in [2.24, 2.45) is 23.2 Å². The van der Waals surface area contributed by atoms with Crippen LogP contribution in [0.5, 0.6) is 0 Å². The maximum atomic E-state index is 14.7. The number of allylic oxidation sites excluding steroid dienone is 3. The van der Waals surface area contributed by atoms with E-state index in [1.807, 2.05) is 0 Å². The summed E-state index contributed by atoms with van der Waals surface area (Å²) in [7, 11) is -10.7. The molecule has 3 rings (SSSR count). The second kappa shape index (κ2) is 19.8. The number of alkyl halides is 6. The minimum atomic E-state index is -5.90. The largest absolute Gasteiger partial charge is 0.437 e. The molecule has 0 N–H and O–H groups in total. The first-order valence-corrected chi connectivity index (χ1v) is 36.1. The molecule has 3 fully saturated rings. The van der Waals surface area contributed by atoms with E-state index in [0.717, 1.165) is 36.8 Å². The number of fused-ring (bicyclic) bond motifs is 1. The first-order valence-electron chi connectivity index (χ1n) is 26.5. The summed E-state index contributed by atoms with van der Waals surface area (Å²) >= 11 is 0. The van der Waals surface area contributed by atoms with E-state index in [9.17, 15) is 26.3 Å². The third-order valence-electron chi connectivity index (χ3n) is 14.8. The topological polar surface area (TPSA) is 36.9 Å². The van der Waals surface area contributed by atoms with Gasteiger partial charge in [-0.05, 0) is 181 Å². The van der Waals surface area contributed by atoms with Crippen LogP contribution in [0, 0.1) is 35.0 Å². The van der Waals surface area contributed by atoms with Gasteiger partial charge in [0.25, 0.3) is 0 Å². The van der Waals surface area contributed by atoms with E-state index in [0.29, 0.717) is 19.3 Å². The summed E-state index contributed by atoms with van der Waals surface area (Å²) in [5, 5.41) is -0.0336. The molecular formula is C50H88F6O4Si4. The zero-order valence-electron chi connectivity index (χ0n) is 48.4. The van der Waals surface area contributed by atoms with Gasteiger partial charge in [-0.1, -0.05) is 85.1 Å². The van der Waals surface area contributed by atoms with Crippen LogP contribution in [0.25, 0.3) is 0 Å². The van der Waals surface area contributed by atoms with E-state index < -0.39 is 88.3 Å². The van der Waals surface area contributed by atoms with E-state index in [2.05, 4.69) is 99.3 Å². The second-order valence-electron chi connectivity index (χ2n) is 24.5. The quantitative estimate of drug-likeness (QED) is 0.0931. The standard InChI is InChI=1S/C50H88F6O4Si4/c1-36-39(34-40(57-63(17,18)44(2,3)4)35-43(36)58-64(19,20)45(5,6)7)28-27-38-25-22-32-47(10)41(29-30-42(38)47)37(24-21-31-46(8,9)59-61(11,12)13)26-23-33-48(49(51,52)53,50(54,55)56)60-62(14,15)16/h27-28,37,40-43H,1,21-22,24-26,29-32,34-35H2,2-20H3/b38-27+,39-28-/t37-,40+,41+,42-,43-,47+/m0/s1/i8D3,9D3. The molecule has 0 aliphatic heterocycles. The minimum Gasteiger partial charge on any atom is -0.413 e. The van der Waals surface area contributed by atoms with Gasteiger partial charge >= 0.3 is 18.0 Å². The zero-order chi connectivity index (χ0) is 54.6. The average molecular weight is 986 g/mol. The van der Waals surface area contributed by atoms with E-state index in [1.54, 1.807) is 25.6 Å². The maximum Gasteiger partial charge on any atom is 0.437 e. The highest BCUT2D eigenvalue weighted by atomic mass is 28.4. The number of hydrogen-bond donors (Lipinski definition) is 0. The molecule has 0 spiro atoms. The molecule has 3 aliphatic carbocycles. The summed E-state index contributed by atoms with van der Waals surface area (Å²) in [5.41, 5.74) is -4.47. The highest BCUT2D eigenvalue weighted by molar-refractivity contribution is 6.74. The van der Waals surface area contributed by atoms with Gasteiger partial charge in [-0.3, -0.25) is 0 Å². The third-order valence-corrected chi connectivity index (χ3v) is 25.7. The minimum absolute atomic E-state index is 0.00452. The van der Waals surface area contributed by atoms with Crippen LogP contribution in [0.4, 0.5) is 26.3 Å². The monoisotopic (exact) mass is 985 g/mol. The van der Waals surface area contributed by atoms with Crippen molar-refractivity contribution in [3.05, 3.63) is 35.5 Å². The normalized spacial score (nSPS) is 28.6. The number of halogens is 6. The fourth-order valence-electron chi connectivity index (χ4n) is 9.66. The molecule has 0 aromatic carbocycles. The second-order valence-corrected chi connectivity index (χ2v) is 42.8. The van der Waals surface area contributed by atoms with E-state index >= 15 is 0 Å². The molecule has 64 heavy (non-hydrogen) atoms. The fraction of sp³-hybridized carbons (Fsp3) is 0.840. The predicted octanol–water partition coefficient (Wildman–Crippen LogP) is 16.7. The van der Waals surface area contributed by atoms with Gasteiger partial charge in [0.2, 0.25) is 0 Å². The molecule has 0 radical (unpaired) electrons. The molecular weight excluding hydrogens is 891 g/mol. The molecule has 0 unspecified atom stereocenters. The van der Waals surface area contributed by atoms with Crippen LogP contribution < -0.4 is 0 Å². The Morgan fingerprint density at radius 1 is 0.812 bits per heavy atom. The Balaban J connectivity index is 2.18. The molecule has 0 saturated heterocycles. The van der Waals surface area contributed by atoms with Crippen molar-refractivity contribution in [2.75, 3.05) is 0 Å². The third kappa shape index (κ3) is 14.3. The van der Waals surface area contributed by atoms with Gasteiger partial charge in [0, 0.05) is 21.1 Å². The summed E-state index contributed by atoms with van der Waals surface area (Å²) in [5.74, 6) is 3.12. The molecule has 14 heteroatoms. The van der Waals surface area contributed by atoms with Crippen LogP contribution in [0.1, 0.15) is 141 Å². The highest BCUT2D eigenvalue weighted by Gasteiger charge is 2.73. The molecule has 3 saturated carbocycles. The smallest absolute Gasteiger partial charge is 0.413 e. The Kier molecular flexibility index (Phi) is 14.9. The molecule has 370 valence electrons. The molecule has 6 atom stereocenters. The average Bonchev–Trinajstić information content (AvgIpc) is 3.47. The summed E-state index contributed by atoms with van der Waals surface area (Å²) in [6.07, 6.45) is -3.38. The van der Waals surface area contributed by atoms with E-state index in [1.165, 1.54) is 25.2 Å². The lowest BCUT2D eigenvalue weighted by molar-refractivity contribution is -0.336. The van der Waals surface area contributed by atoms with Crippen molar-refractivity contribution in [1.82, 2.24) is 0 Å². The number of hydrogen-bond acceptors (Lipinski definition) is 4. The van der Waals surface area contributed by atoms with Crippen molar-refractivity contribution in [3.8, 4) is 11.8 Å². The summed E-state index contributed by atoms with van der Waals surface area (Å²) in [4.78, 5) is 0. The van der Waals surface area contributed by atoms with E-state index in [4.69, 9.17) is 25.9 Å². The van der Waals surface area contributed by atoms with Gasteiger partial charge < -0.3 is 17.7 Å². The van der Waals surface area contributed by atoms with Crippen LogP contribution >= 0.6 is 0 Å². The Bertz CT molecular complexity index is 1930. The van der Waals surface area contributed by atoms with Gasteiger partial charge in [-0.2, -0.15) is 26.3 Å². The molecule has 4 nitrogen and oxygen atoms in total. The van der Waals surface area contributed by atoms with Crippen molar-refractivity contribution in [1.29, 1.82) is 0 Å². The molecule has 0 bridgehead atoms. The lowest BCUT2D eigenvalue weighted by atomic mass is 9.60. The predicted molar refractivity (Wildman–Crippen MR) is 264 cm³/mol. The zero-order valence-corrected chi connectivity index (χ0v) is 46.4. The fourth-order valence-corrected chi connectivity index (χ4v) is 14.7. The Hall–Kier alpha value is -0.932. The molecule has 3 aliphatic rings. The van der Waals surface area contributed by atoms with Crippen molar-refractivity contribution in [2.45, 2.75) is 244 Å². The molecule has 0 amide bonds. The van der Waals surface area contributed by atoms with Crippen LogP contribution in [-0.4, -0.2) is 69.0 Å². The van der Waals surface area contributed by atoms with Gasteiger partial charge in [0.15, 0.2) is 33.3 Å². The van der Waals surface area contributed by atoms with Gasteiger partial charge in [0.1, 0.15) is 0 Å². The van der Waals surface area contributed by atoms with Crippen LogP contribution in [0.3, 0.4) is 0 Å². The SMILES string of the molecule is [2H]C([2H])([2H])C(CCC[C@@H](CC#CC(O[Si](C)(C)C)(C(F)(F)F)C(F)(F)F)[C@H]1CC[C@H]2/C(=C/C=C3/C[C@@H](O[Si](C)(C)C(C)(C)C)C[C@H](O[Si](C)(C)C(C)(C)C)C3=C)CCC[C@]12C)(O[Si](C)(C)C)C([2H])([2H])[2H]. The van der Waals surface area contributed by atoms with Crippen molar-refractivity contribution in [3.63, 3.8) is 0 Å². The lowest BCUT2D eigenvalue weighted by Crippen LogP contribution is -2.61. The van der Waals surface area contributed by atoms with Crippen LogP contribution in [0.15, 0.2) is 35.5 Å². The van der Waals surface area contributed by atoms with Crippen LogP contribution in [-0.2, 0) is 17.7 Å². The Morgan fingerprint density at radius 2 is 1.36 bits per heavy atom. The molecule has 0 heterocycles. The first kappa shape index (κ1) is 48.1.